The van der Waals surface area contributed by atoms with Crippen LogP contribution in [0.4, 0.5) is 13.2 Å². The van der Waals surface area contributed by atoms with E-state index in [0.29, 0.717) is 12.6 Å². The second kappa shape index (κ2) is 7.12. The Bertz CT molecular complexity index is 458. The van der Waals surface area contributed by atoms with Gasteiger partial charge in [-0.25, -0.2) is 0 Å². The number of hydrogen-bond donors (Lipinski definition) is 1. The SMILES string of the molecule is C=C(C(C)C)C(CNC(C)C)c1ccc(C(F)(F)F)cc1. The molecule has 0 saturated heterocycles. The molecule has 0 amide bonds. The molecule has 0 aromatic heterocycles. The molecule has 1 atom stereocenters. The van der Waals surface area contributed by atoms with Gasteiger partial charge in [-0.2, -0.15) is 13.2 Å². The molecule has 0 aliphatic carbocycles. The van der Waals surface area contributed by atoms with Gasteiger partial charge in [0.05, 0.1) is 5.56 Å². The molecule has 1 nitrogen and oxygen atoms in total. The highest BCUT2D eigenvalue weighted by atomic mass is 19.4. The van der Waals surface area contributed by atoms with Gasteiger partial charge in [0.25, 0.3) is 0 Å². The van der Waals surface area contributed by atoms with Crippen molar-refractivity contribution in [3.8, 4) is 0 Å². The van der Waals surface area contributed by atoms with Crippen LogP contribution in [0, 0.1) is 5.92 Å². The lowest BCUT2D eigenvalue weighted by Gasteiger charge is -2.25. The summed E-state index contributed by atoms with van der Waals surface area (Å²) in [4.78, 5) is 0. The standard InChI is InChI=1S/C17H24F3N/c1-11(2)13(5)16(10-21-12(3)4)14-6-8-15(9-7-14)17(18,19)20/h6-9,11-12,16,21H,5,10H2,1-4H3. The van der Waals surface area contributed by atoms with Gasteiger partial charge >= 0.3 is 6.18 Å². The van der Waals surface area contributed by atoms with E-state index >= 15 is 0 Å². The van der Waals surface area contributed by atoms with Gasteiger partial charge in [-0.05, 0) is 23.6 Å². The van der Waals surface area contributed by atoms with E-state index in [-0.39, 0.29) is 11.8 Å². The fraction of sp³-hybridized carbons (Fsp3) is 0.529. The van der Waals surface area contributed by atoms with E-state index in [4.69, 9.17) is 0 Å². The number of rotatable bonds is 6. The highest BCUT2D eigenvalue weighted by Crippen LogP contribution is 2.32. The molecule has 21 heavy (non-hydrogen) atoms. The fourth-order valence-electron chi connectivity index (χ4n) is 2.12. The van der Waals surface area contributed by atoms with Gasteiger partial charge in [-0.15, -0.1) is 0 Å². The van der Waals surface area contributed by atoms with E-state index in [1.165, 1.54) is 0 Å². The quantitative estimate of drug-likeness (QED) is 0.729. The Kier molecular flexibility index (Phi) is 6.02. The number of nitrogens with one attached hydrogen (secondary N) is 1. The topological polar surface area (TPSA) is 12.0 Å². The van der Waals surface area contributed by atoms with E-state index in [1.807, 2.05) is 13.8 Å². The van der Waals surface area contributed by atoms with Crippen molar-refractivity contribution in [1.82, 2.24) is 5.32 Å². The van der Waals surface area contributed by atoms with E-state index < -0.39 is 11.7 Å². The Morgan fingerprint density at radius 3 is 2.00 bits per heavy atom. The maximum Gasteiger partial charge on any atom is 0.416 e. The normalized spacial score (nSPS) is 13.8. The largest absolute Gasteiger partial charge is 0.416 e. The summed E-state index contributed by atoms with van der Waals surface area (Å²) in [6, 6.07) is 5.73. The molecule has 0 heterocycles. The first-order valence-corrected chi connectivity index (χ1v) is 7.22. The molecule has 0 saturated carbocycles. The predicted octanol–water partition coefficient (Wildman–Crippen LogP) is 5.00. The summed E-state index contributed by atoms with van der Waals surface area (Å²) < 4.78 is 37.9. The summed E-state index contributed by atoms with van der Waals surface area (Å²) in [5, 5.41) is 3.34. The van der Waals surface area contributed by atoms with Crippen molar-refractivity contribution < 1.29 is 13.2 Å². The molecular formula is C17H24F3N. The number of benzene rings is 1. The lowest BCUT2D eigenvalue weighted by molar-refractivity contribution is -0.137. The maximum atomic E-state index is 12.6. The predicted molar refractivity (Wildman–Crippen MR) is 81.3 cm³/mol. The van der Waals surface area contributed by atoms with Crippen molar-refractivity contribution >= 4 is 0 Å². The summed E-state index contributed by atoms with van der Waals surface area (Å²) in [6.07, 6.45) is -4.29. The van der Waals surface area contributed by atoms with Crippen molar-refractivity contribution in [2.75, 3.05) is 6.54 Å². The van der Waals surface area contributed by atoms with Crippen LogP contribution in [0.3, 0.4) is 0 Å². The Labute approximate surface area is 125 Å². The van der Waals surface area contributed by atoms with Gasteiger partial charge in [0.1, 0.15) is 0 Å². The Balaban J connectivity index is 3.00. The molecule has 118 valence electrons. The second-order valence-electron chi connectivity index (χ2n) is 5.96. The van der Waals surface area contributed by atoms with Crippen LogP contribution >= 0.6 is 0 Å². The zero-order valence-corrected chi connectivity index (χ0v) is 13.1. The molecule has 1 aromatic carbocycles. The van der Waals surface area contributed by atoms with E-state index in [1.54, 1.807) is 12.1 Å². The van der Waals surface area contributed by atoms with Crippen molar-refractivity contribution in [2.45, 2.75) is 45.8 Å². The van der Waals surface area contributed by atoms with Gasteiger partial charge in [0.2, 0.25) is 0 Å². The molecular weight excluding hydrogens is 275 g/mol. The summed E-state index contributed by atoms with van der Waals surface area (Å²) in [5.74, 6) is 0.306. The van der Waals surface area contributed by atoms with Crippen molar-refractivity contribution in [1.29, 1.82) is 0 Å². The molecule has 0 fully saturated rings. The van der Waals surface area contributed by atoms with Crippen molar-refractivity contribution in [3.63, 3.8) is 0 Å². The van der Waals surface area contributed by atoms with Crippen molar-refractivity contribution in [2.24, 2.45) is 5.92 Å². The van der Waals surface area contributed by atoms with Crippen molar-refractivity contribution in [3.05, 3.63) is 47.5 Å². The molecule has 1 unspecified atom stereocenters. The molecule has 1 N–H and O–H groups in total. The Morgan fingerprint density at radius 1 is 1.10 bits per heavy atom. The van der Waals surface area contributed by atoms with E-state index in [0.717, 1.165) is 23.3 Å². The Hall–Kier alpha value is -1.29. The molecule has 0 aliphatic heterocycles. The van der Waals surface area contributed by atoms with Crippen LogP contribution in [0.15, 0.2) is 36.4 Å². The zero-order chi connectivity index (χ0) is 16.2. The van der Waals surface area contributed by atoms with Gasteiger partial charge < -0.3 is 5.32 Å². The maximum absolute atomic E-state index is 12.6. The van der Waals surface area contributed by atoms with Crippen LogP contribution in [0.1, 0.15) is 44.7 Å². The molecule has 4 heteroatoms. The Morgan fingerprint density at radius 2 is 1.62 bits per heavy atom. The summed E-state index contributed by atoms with van der Waals surface area (Å²) in [7, 11) is 0. The monoisotopic (exact) mass is 299 g/mol. The minimum atomic E-state index is -4.29. The number of halogens is 3. The minimum absolute atomic E-state index is 0.0229. The van der Waals surface area contributed by atoms with Crippen LogP contribution in [0.2, 0.25) is 0 Å². The summed E-state index contributed by atoms with van der Waals surface area (Å²) >= 11 is 0. The van der Waals surface area contributed by atoms with Crippen LogP contribution in [0.25, 0.3) is 0 Å². The smallest absolute Gasteiger partial charge is 0.314 e. The molecule has 1 rings (SSSR count). The third kappa shape index (κ3) is 5.20. The first-order valence-electron chi connectivity index (χ1n) is 7.22. The average Bonchev–Trinajstić information content (AvgIpc) is 2.37. The highest BCUT2D eigenvalue weighted by Gasteiger charge is 2.30. The third-order valence-electron chi connectivity index (χ3n) is 3.56. The summed E-state index contributed by atoms with van der Waals surface area (Å²) in [6.45, 7) is 13.0. The minimum Gasteiger partial charge on any atom is -0.314 e. The molecule has 0 aliphatic rings. The first kappa shape index (κ1) is 17.8. The fourth-order valence-corrected chi connectivity index (χ4v) is 2.12. The van der Waals surface area contributed by atoms with Crippen LogP contribution in [-0.4, -0.2) is 12.6 Å². The molecule has 0 spiro atoms. The summed E-state index contributed by atoms with van der Waals surface area (Å²) in [5.41, 5.74) is 1.29. The molecule has 0 bridgehead atoms. The van der Waals surface area contributed by atoms with Crippen LogP contribution in [-0.2, 0) is 6.18 Å². The average molecular weight is 299 g/mol. The van der Waals surface area contributed by atoms with Gasteiger partial charge in [-0.1, -0.05) is 52.0 Å². The first-order chi connectivity index (χ1) is 9.62. The van der Waals surface area contributed by atoms with Crippen LogP contribution < -0.4 is 5.32 Å². The molecule has 1 aromatic rings. The van der Waals surface area contributed by atoms with E-state index in [2.05, 4.69) is 25.7 Å². The second-order valence-corrected chi connectivity index (χ2v) is 5.96. The van der Waals surface area contributed by atoms with Crippen LogP contribution in [0.5, 0.6) is 0 Å². The van der Waals surface area contributed by atoms with Gasteiger partial charge in [-0.3, -0.25) is 0 Å². The highest BCUT2D eigenvalue weighted by molar-refractivity contribution is 5.32. The third-order valence-corrected chi connectivity index (χ3v) is 3.56. The lowest BCUT2D eigenvalue weighted by Crippen LogP contribution is -2.29. The number of hydrogen-bond acceptors (Lipinski definition) is 1. The lowest BCUT2D eigenvalue weighted by atomic mass is 9.85. The van der Waals surface area contributed by atoms with Gasteiger partial charge in [0.15, 0.2) is 0 Å². The molecule has 0 radical (unpaired) electrons. The zero-order valence-electron chi connectivity index (χ0n) is 13.1. The van der Waals surface area contributed by atoms with E-state index in [9.17, 15) is 13.2 Å². The van der Waals surface area contributed by atoms with Gasteiger partial charge in [0, 0.05) is 18.5 Å². The number of alkyl halides is 3.